The van der Waals surface area contributed by atoms with Crippen LogP contribution in [0.5, 0.6) is 0 Å². The van der Waals surface area contributed by atoms with Crippen molar-refractivity contribution < 1.29 is 9.90 Å². The van der Waals surface area contributed by atoms with E-state index >= 15 is 0 Å². The molecule has 1 atom stereocenters. The molecule has 21 heavy (non-hydrogen) atoms. The van der Waals surface area contributed by atoms with Gasteiger partial charge >= 0.3 is 0 Å². The van der Waals surface area contributed by atoms with Gasteiger partial charge in [-0.1, -0.05) is 24.6 Å². The van der Waals surface area contributed by atoms with Gasteiger partial charge in [-0.3, -0.25) is 4.79 Å². The number of para-hydroxylation sites is 1. The van der Waals surface area contributed by atoms with Crippen LogP contribution in [0.15, 0.2) is 42.7 Å². The lowest BCUT2D eigenvalue weighted by atomic mass is 10.1. The Morgan fingerprint density at radius 1 is 1.24 bits per heavy atom. The van der Waals surface area contributed by atoms with Gasteiger partial charge in [-0.15, -0.1) is 0 Å². The van der Waals surface area contributed by atoms with Crippen LogP contribution in [0.1, 0.15) is 36.5 Å². The number of hydrogen-bond acceptors (Lipinski definition) is 2. The van der Waals surface area contributed by atoms with Gasteiger partial charge in [0.2, 0.25) is 5.91 Å². The van der Waals surface area contributed by atoms with Gasteiger partial charge in [0.1, 0.15) is 6.54 Å². The summed E-state index contributed by atoms with van der Waals surface area (Å²) in [6, 6.07) is 9.44. The number of carbonyl (C=O) groups is 1. The smallest absolute Gasteiger partial charge is 0.244 e. The highest BCUT2D eigenvalue weighted by Crippen LogP contribution is 2.29. The summed E-state index contributed by atoms with van der Waals surface area (Å²) in [5.41, 5.74) is 2.96. The highest BCUT2D eigenvalue weighted by Gasteiger charge is 2.18. The molecular formula is C17H20N2O2. The predicted octanol–water partition coefficient (Wildman–Crippen LogP) is 2.89. The average molecular weight is 284 g/mol. The fraction of sp³-hybridized carbons (Fsp3) is 0.353. The number of aliphatic hydroxyl groups excluding tert-OH is 1. The summed E-state index contributed by atoms with van der Waals surface area (Å²) in [4.78, 5) is 12.0. The Kier molecular flexibility index (Phi) is 4.06. The molecule has 1 aromatic heterocycles. The van der Waals surface area contributed by atoms with Crippen LogP contribution in [0.25, 0.3) is 0 Å². The number of rotatable bonds is 3. The van der Waals surface area contributed by atoms with Crippen LogP contribution < -0.4 is 5.32 Å². The Balaban J connectivity index is 1.68. The second kappa shape index (κ2) is 6.14. The molecule has 1 unspecified atom stereocenters. The van der Waals surface area contributed by atoms with E-state index in [0.717, 1.165) is 36.9 Å². The van der Waals surface area contributed by atoms with Gasteiger partial charge in [-0.2, -0.15) is 0 Å². The quantitative estimate of drug-likeness (QED) is 0.852. The number of amides is 1. The van der Waals surface area contributed by atoms with E-state index in [1.807, 2.05) is 47.3 Å². The van der Waals surface area contributed by atoms with Crippen LogP contribution in [0, 0.1) is 0 Å². The molecule has 1 aliphatic carbocycles. The number of carbonyl (C=O) groups excluding carboxylic acids is 1. The summed E-state index contributed by atoms with van der Waals surface area (Å²) >= 11 is 0. The van der Waals surface area contributed by atoms with Crippen LogP contribution in [0.3, 0.4) is 0 Å². The molecule has 1 aliphatic rings. The van der Waals surface area contributed by atoms with Gasteiger partial charge in [0.25, 0.3) is 0 Å². The number of anilines is 1. The Labute approximate surface area is 124 Å². The van der Waals surface area contributed by atoms with Gasteiger partial charge in [-0.05, 0) is 37.0 Å². The zero-order valence-corrected chi connectivity index (χ0v) is 12.0. The molecule has 4 nitrogen and oxygen atoms in total. The number of fused-ring (bicyclic) bond motifs is 1. The molecule has 0 radical (unpaired) electrons. The van der Waals surface area contributed by atoms with Crippen LogP contribution in [-0.4, -0.2) is 15.6 Å². The molecule has 0 aliphatic heterocycles. The van der Waals surface area contributed by atoms with E-state index in [1.165, 1.54) is 5.56 Å². The number of nitrogens with one attached hydrogen (secondary N) is 1. The first-order chi connectivity index (χ1) is 10.2. The monoisotopic (exact) mass is 284 g/mol. The number of aryl methyl sites for hydroxylation is 1. The summed E-state index contributed by atoms with van der Waals surface area (Å²) in [6.45, 7) is 0.272. The number of hydrogen-bond donors (Lipinski definition) is 2. The van der Waals surface area contributed by atoms with Crippen molar-refractivity contribution in [2.24, 2.45) is 0 Å². The molecular weight excluding hydrogens is 264 g/mol. The molecule has 3 rings (SSSR count). The fourth-order valence-corrected chi connectivity index (χ4v) is 2.87. The second-order valence-corrected chi connectivity index (χ2v) is 5.59. The topological polar surface area (TPSA) is 54.3 Å². The molecule has 0 fully saturated rings. The van der Waals surface area contributed by atoms with E-state index in [1.54, 1.807) is 0 Å². The van der Waals surface area contributed by atoms with Crippen LogP contribution in [0.2, 0.25) is 0 Å². The highest BCUT2D eigenvalue weighted by atomic mass is 16.3. The van der Waals surface area contributed by atoms with E-state index in [0.29, 0.717) is 0 Å². The molecule has 0 saturated carbocycles. The maximum absolute atomic E-state index is 12.0. The van der Waals surface area contributed by atoms with Gasteiger partial charge in [0.05, 0.1) is 6.10 Å². The molecule has 0 spiro atoms. The van der Waals surface area contributed by atoms with Crippen molar-refractivity contribution in [3.05, 3.63) is 53.9 Å². The molecule has 2 aromatic rings. The lowest BCUT2D eigenvalue weighted by Gasteiger charge is -2.07. The second-order valence-electron chi connectivity index (χ2n) is 5.59. The molecule has 0 saturated heterocycles. The van der Waals surface area contributed by atoms with Gasteiger partial charge in [0, 0.05) is 23.6 Å². The Morgan fingerprint density at radius 3 is 2.86 bits per heavy atom. The third kappa shape index (κ3) is 3.34. The average Bonchev–Trinajstić information content (AvgIpc) is 2.79. The lowest BCUT2D eigenvalue weighted by Crippen LogP contribution is -2.17. The van der Waals surface area contributed by atoms with Crippen molar-refractivity contribution in [1.29, 1.82) is 0 Å². The molecule has 0 bridgehead atoms. The van der Waals surface area contributed by atoms with Crippen LogP contribution >= 0.6 is 0 Å². The minimum atomic E-state index is -0.388. The minimum absolute atomic E-state index is 0.0548. The van der Waals surface area contributed by atoms with Crippen LogP contribution in [0.4, 0.5) is 5.69 Å². The van der Waals surface area contributed by atoms with Crippen molar-refractivity contribution in [2.75, 3.05) is 5.32 Å². The first-order valence-corrected chi connectivity index (χ1v) is 7.44. The minimum Gasteiger partial charge on any atom is -0.388 e. The largest absolute Gasteiger partial charge is 0.388 e. The number of aliphatic hydroxyl groups is 1. The Morgan fingerprint density at radius 2 is 2.05 bits per heavy atom. The van der Waals surface area contributed by atoms with E-state index in [2.05, 4.69) is 5.32 Å². The Hall–Kier alpha value is -2.07. The van der Waals surface area contributed by atoms with Crippen molar-refractivity contribution in [3.8, 4) is 0 Å². The SMILES string of the molecule is O=C(Cn1cc2c(c1)C(O)CCCC2)Nc1ccccc1. The summed E-state index contributed by atoms with van der Waals surface area (Å²) in [5.74, 6) is -0.0548. The maximum Gasteiger partial charge on any atom is 0.244 e. The zero-order valence-electron chi connectivity index (χ0n) is 12.0. The normalized spacial score (nSPS) is 17.9. The standard InChI is InChI=1S/C17H20N2O2/c20-16-9-5-4-6-13-10-19(11-15(13)16)12-17(21)18-14-7-2-1-3-8-14/h1-3,7-8,10-11,16,20H,4-6,9,12H2,(H,18,21). The van der Waals surface area contributed by atoms with Crippen LogP contribution in [-0.2, 0) is 17.8 Å². The van der Waals surface area contributed by atoms with Crippen molar-refractivity contribution in [3.63, 3.8) is 0 Å². The molecule has 1 heterocycles. The van der Waals surface area contributed by atoms with E-state index < -0.39 is 0 Å². The number of benzene rings is 1. The number of aromatic nitrogens is 1. The maximum atomic E-state index is 12.0. The summed E-state index contributed by atoms with van der Waals surface area (Å²) in [7, 11) is 0. The zero-order chi connectivity index (χ0) is 14.7. The predicted molar refractivity (Wildman–Crippen MR) is 82.0 cm³/mol. The highest BCUT2D eigenvalue weighted by molar-refractivity contribution is 5.90. The summed E-state index contributed by atoms with van der Waals surface area (Å²) < 4.78 is 1.87. The third-order valence-corrected chi connectivity index (χ3v) is 3.91. The first kappa shape index (κ1) is 13.9. The molecule has 1 amide bonds. The van der Waals surface area contributed by atoms with E-state index in [-0.39, 0.29) is 18.6 Å². The van der Waals surface area contributed by atoms with Gasteiger partial charge in [-0.25, -0.2) is 0 Å². The molecule has 110 valence electrons. The first-order valence-electron chi connectivity index (χ1n) is 7.44. The summed E-state index contributed by atoms with van der Waals surface area (Å²) in [6.07, 6.45) is 7.48. The van der Waals surface area contributed by atoms with E-state index in [9.17, 15) is 9.90 Å². The van der Waals surface area contributed by atoms with Gasteiger partial charge in [0.15, 0.2) is 0 Å². The Bertz CT molecular complexity index is 619. The molecule has 1 aromatic carbocycles. The van der Waals surface area contributed by atoms with Crippen molar-refractivity contribution in [1.82, 2.24) is 4.57 Å². The molecule has 4 heteroatoms. The third-order valence-electron chi connectivity index (χ3n) is 3.91. The fourth-order valence-electron chi connectivity index (χ4n) is 2.87. The van der Waals surface area contributed by atoms with E-state index in [4.69, 9.17) is 0 Å². The van der Waals surface area contributed by atoms with Crippen molar-refractivity contribution in [2.45, 2.75) is 38.3 Å². The number of nitrogens with zero attached hydrogens (tertiary/aromatic N) is 1. The lowest BCUT2D eigenvalue weighted by molar-refractivity contribution is -0.116. The molecule has 2 N–H and O–H groups in total. The van der Waals surface area contributed by atoms with Gasteiger partial charge < -0.3 is 15.0 Å². The summed E-state index contributed by atoms with van der Waals surface area (Å²) in [5, 5.41) is 13.0. The van der Waals surface area contributed by atoms with Crippen molar-refractivity contribution >= 4 is 11.6 Å².